The molecule has 0 saturated carbocycles. The van der Waals surface area contributed by atoms with E-state index in [4.69, 9.17) is 5.11 Å². The zero-order chi connectivity index (χ0) is 17.6. The van der Waals surface area contributed by atoms with E-state index >= 15 is 0 Å². The number of nitrogens with zero attached hydrogens (tertiary/aromatic N) is 2. The van der Waals surface area contributed by atoms with E-state index < -0.39 is 6.10 Å². The minimum Gasteiger partial charge on any atom is -0.394 e. The van der Waals surface area contributed by atoms with Crippen molar-refractivity contribution in [1.82, 2.24) is 15.1 Å². The number of benzene rings is 2. The van der Waals surface area contributed by atoms with Crippen molar-refractivity contribution in [2.45, 2.75) is 12.6 Å². The van der Waals surface area contributed by atoms with E-state index in [9.17, 15) is 5.11 Å². The zero-order valence-corrected chi connectivity index (χ0v) is 14.3. The Morgan fingerprint density at radius 3 is 2.32 bits per heavy atom. The lowest BCUT2D eigenvalue weighted by Crippen LogP contribution is -2.31. The topological polar surface area (TPSA) is 72.4 Å². The van der Waals surface area contributed by atoms with E-state index in [1.165, 1.54) is 11.1 Å². The van der Waals surface area contributed by atoms with E-state index in [1.54, 1.807) is 0 Å². The SMILES string of the molecule is CN(Cc1cn[nH]c1-c1ccc(-c2ccccc2)cc1)CC(O)CO. The van der Waals surface area contributed by atoms with Crippen LogP contribution in [-0.4, -0.2) is 51.6 Å². The summed E-state index contributed by atoms with van der Waals surface area (Å²) in [7, 11) is 1.91. The Bertz CT molecular complexity index is 784. The number of likely N-dealkylation sites (N-methyl/N-ethyl adjacent to an activating group) is 1. The molecule has 0 aliphatic rings. The highest BCUT2D eigenvalue weighted by molar-refractivity contribution is 5.69. The summed E-state index contributed by atoms with van der Waals surface area (Å²) < 4.78 is 0. The molecule has 1 unspecified atom stereocenters. The number of hydrogen-bond acceptors (Lipinski definition) is 4. The molecule has 0 aliphatic heterocycles. The van der Waals surface area contributed by atoms with E-state index in [1.807, 2.05) is 36.3 Å². The second kappa shape index (κ2) is 8.07. The van der Waals surface area contributed by atoms with Crippen molar-refractivity contribution >= 4 is 0 Å². The average molecular weight is 337 g/mol. The third-order valence-corrected chi connectivity index (χ3v) is 4.17. The second-order valence-electron chi connectivity index (χ2n) is 6.25. The van der Waals surface area contributed by atoms with Gasteiger partial charge in [0.15, 0.2) is 0 Å². The summed E-state index contributed by atoms with van der Waals surface area (Å²) >= 11 is 0. The molecule has 130 valence electrons. The Labute approximate surface area is 147 Å². The molecule has 2 aromatic carbocycles. The normalized spacial score (nSPS) is 12.5. The highest BCUT2D eigenvalue weighted by Gasteiger charge is 2.12. The van der Waals surface area contributed by atoms with Gasteiger partial charge in [-0.15, -0.1) is 0 Å². The van der Waals surface area contributed by atoms with E-state index in [2.05, 4.69) is 46.6 Å². The highest BCUT2D eigenvalue weighted by atomic mass is 16.3. The number of aliphatic hydroxyl groups excluding tert-OH is 2. The molecule has 5 heteroatoms. The minimum absolute atomic E-state index is 0.233. The lowest BCUT2D eigenvalue weighted by molar-refractivity contribution is 0.0648. The van der Waals surface area contributed by atoms with E-state index in [0.717, 1.165) is 16.8 Å². The van der Waals surface area contributed by atoms with Gasteiger partial charge in [0, 0.05) is 18.7 Å². The van der Waals surface area contributed by atoms with Crippen molar-refractivity contribution in [3.8, 4) is 22.4 Å². The average Bonchev–Trinajstić information content (AvgIpc) is 3.10. The number of H-pyrrole nitrogens is 1. The molecule has 1 aromatic heterocycles. The number of rotatable bonds is 7. The predicted octanol–water partition coefficient (Wildman–Crippen LogP) is 2.53. The Balaban J connectivity index is 1.76. The van der Waals surface area contributed by atoms with Crippen LogP contribution < -0.4 is 0 Å². The van der Waals surface area contributed by atoms with Crippen molar-refractivity contribution in [2.75, 3.05) is 20.2 Å². The second-order valence-corrected chi connectivity index (χ2v) is 6.25. The molecule has 0 radical (unpaired) electrons. The first kappa shape index (κ1) is 17.4. The van der Waals surface area contributed by atoms with Gasteiger partial charge in [0.25, 0.3) is 0 Å². The largest absolute Gasteiger partial charge is 0.394 e. The van der Waals surface area contributed by atoms with Gasteiger partial charge < -0.3 is 10.2 Å². The molecule has 0 spiro atoms. The Morgan fingerprint density at radius 2 is 1.64 bits per heavy atom. The number of aliphatic hydroxyl groups is 2. The lowest BCUT2D eigenvalue weighted by atomic mass is 10.0. The molecule has 0 saturated heterocycles. The zero-order valence-electron chi connectivity index (χ0n) is 14.3. The smallest absolute Gasteiger partial charge is 0.0897 e. The fourth-order valence-electron chi connectivity index (χ4n) is 2.91. The van der Waals surface area contributed by atoms with Crippen LogP contribution in [0.25, 0.3) is 22.4 Å². The van der Waals surface area contributed by atoms with Gasteiger partial charge in [0.05, 0.1) is 24.6 Å². The number of nitrogens with one attached hydrogen (secondary N) is 1. The molecule has 5 nitrogen and oxygen atoms in total. The van der Waals surface area contributed by atoms with Gasteiger partial charge in [-0.25, -0.2) is 0 Å². The third kappa shape index (κ3) is 4.33. The number of aromatic nitrogens is 2. The first-order chi connectivity index (χ1) is 12.2. The molecule has 1 heterocycles. The standard InChI is InChI=1S/C20H23N3O2/c1-23(13-19(25)14-24)12-18-11-21-22-20(18)17-9-7-16(8-10-17)15-5-3-2-4-6-15/h2-11,19,24-25H,12-14H2,1H3,(H,21,22). The van der Waals surface area contributed by atoms with Crippen LogP contribution in [-0.2, 0) is 6.54 Å². The first-order valence-electron chi connectivity index (χ1n) is 8.33. The fraction of sp³-hybridized carbons (Fsp3) is 0.250. The van der Waals surface area contributed by atoms with Crippen LogP contribution >= 0.6 is 0 Å². The van der Waals surface area contributed by atoms with Crippen LogP contribution in [0.3, 0.4) is 0 Å². The first-order valence-corrected chi connectivity index (χ1v) is 8.33. The Hall–Kier alpha value is -2.47. The Morgan fingerprint density at radius 1 is 1.00 bits per heavy atom. The van der Waals surface area contributed by atoms with Gasteiger partial charge in [0.2, 0.25) is 0 Å². The molecule has 3 aromatic rings. The van der Waals surface area contributed by atoms with Crippen molar-refractivity contribution in [3.63, 3.8) is 0 Å². The summed E-state index contributed by atoms with van der Waals surface area (Å²) in [4.78, 5) is 1.97. The van der Waals surface area contributed by atoms with Crippen LogP contribution in [0.2, 0.25) is 0 Å². The highest BCUT2D eigenvalue weighted by Crippen LogP contribution is 2.26. The van der Waals surface area contributed by atoms with Crippen molar-refractivity contribution < 1.29 is 10.2 Å². The number of hydrogen-bond donors (Lipinski definition) is 3. The number of aromatic amines is 1. The summed E-state index contributed by atoms with van der Waals surface area (Å²) in [6.07, 6.45) is 1.08. The van der Waals surface area contributed by atoms with Gasteiger partial charge >= 0.3 is 0 Å². The summed E-state index contributed by atoms with van der Waals surface area (Å²) in [5.74, 6) is 0. The maximum absolute atomic E-state index is 9.57. The molecule has 0 bridgehead atoms. The molecule has 3 rings (SSSR count). The fourth-order valence-corrected chi connectivity index (χ4v) is 2.91. The summed E-state index contributed by atoms with van der Waals surface area (Å²) in [6.45, 7) is 0.820. The van der Waals surface area contributed by atoms with Gasteiger partial charge in [-0.2, -0.15) is 5.10 Å². The summed E-state index contributed by atoms with van der Waals surface area (Å²) in [5.41, 5.74) is 5.47. The Kier molecular flexibility index (Phi) is 5.60. The molecule has 25 heavy (non-hydrogen) atoms. The van der Waals surface area contributed by atoms with Crippen molar-refractivity contribution in [1.29, 1.82) is 0 Å². The molecule has 0 aliphatic carbocycles. The summed E-state index contributed by atoms with van der Waals surface area (Å²) in [6, 6.07) is 18.7. The molecule has 3 N–H and O–H groups in total. The monoisotopic (exact) mass is 337 g/mol. The lowest BCUT2D eigenvalue weighted by Gasteiger charge is -2.19. The molecular weight excluding hydrogens is 314 g/mol. The molecule has 0 fully saturated rings. The quantitative estimate of drug-likeness (QED) is 0.619. The van der Waals surface area contributed by atoms with Gasteiger partial charge in [-0.1, -0.05) is 54.6 Å². The predicted molar refractivity (Wildman–Crippen MR) is 98.9 cm³/mol. The van der Waals surface area contributed by atoms with Gasteiger partial charge in [0.1, 0.15) is 0 Å². The van der Waals surface area contributed by atoms with Crippen LogP contribution in [0.1, 0.15) is 5.56 Å². The van der Waals surface area contributed by atoms with Crippen molar-refractivity contribution in [2.24, 2.45) is 0 Å². The van der Waals surface area contributed by atoms with Crippen LogP contribution in [0.4, 0.5) is 0 Å². The molecule has 0 amide bonds. The van der Waals surface area contributed by atoms with Crippen LogP contribution in [0, 0.1) is 0 Å². The molecular formula is C20H23N3O2. The summed E-state index contributed by atoms with van der Waals surface area (Å²) in [5, 5.41) is 25.8. The van der Waals surface area contributed by atoms with E-state index in [0.29, 0.717) is 13.1 Å². The maximum Gasteiger partial charge on any atom is 0.0897 e. The third-order valence-electron chi connectivity index (χ3n) is 4.17. The van der Waals surface area contributed by atoms with E-state index in [-0.39, 0.29) is 6.61 Å². The van der Waals surface area contributed by atoms with Gasteiger partial charge in [-0.3, -0.25) is 10.00 Å². The molecule has 1 atom stereocenters. The van der Waals surface area contributed by atoms with Crippen molar-refractivity contribution in [3.05, 3.63) is 66.4 Å². The minimum atomic E-state index is -0.731. The van der Waals surface area contributed by atoms with Crippen LogP contribution in [0.15, 0.2) is 60.8 Å². The van der Waals surface area contributed by atoms with Gasteiger partial charge in [-0.05, 0) is 23.7 Å². The van der Waals surface area contributed by atoms with Crippen LogP contribution in [0.5, 0.6) is 0 Å². The maximum atomic E-state index is 9.57.